The second-order valence-corrected chi connectivity index (χ2v) is 5.62. The van der Waals surface area contributed by atoms with Crippen LogP contribution in [0, 0.1) is 5.92 Å². The first-order valence-corrected chi connectivity index (χ1v) is 6.86. The largest absolute Gasteiger partial charge is 0.303 e. The second kappa shape index (κ2) is 5.88. The molecule has 0 heterocycles. The standard InChI is InChI=1S/C14H16Cl2O/c15-13-6-5-11(8-14(13)16)12(9-17)7-10-3-1-2-4-10/h5-6,8-10,12H,1-4,7H2. The highest BCUT2D eigenvalue weighted by atomic mass is 35.5. The van der Waals surface area contributed by atoms with Gasteiger partial charge in [-0.15, -0.1) is 0 Å². The Morgan fingerprint density at radius 1 is 1.24 bits per heavy atom. The van der Waals surface area contributed by atoms with Crippen molar-refractivity contribution in [3.8, 4) is 0 Å². The molecule has 0 aliphatic heterocycles. The lowest BCUT2D eigenvalue weighted by atomic mass is 9.89. The molecule has 1 nitrogen and oxygen atoms in total. The number of carbonyl (C=O) groups excluding carboxylic acids is 1. The average Bonchev–Trinajstić information content (AvgIpc) is 2.82. The lowest BCUT2D eigenvalue weighted by molar-refractivity contribution is -0.109. The van der Waals surface area contributed by atoms with Crippen molar-refractivity contribution in [1.29, 1.82) is 0 Å². The monoisotopic (exact) mass is 270 g/mol. The van der Waals surface area contributed by atoms with E-state index in [1.54, 1.807) is 6.07 Å². The molecule has 0 N–H and O–H groups in total. The van der Waals surface area contributed by atoms with Gasteiger partial charge in [0.25, 0.3) is 0 Å². The van der Waals surface area contributed by atoms with Crippen molar-refractivity contribution in [2.75, 3.05) is 0 Å². The quantitative estimate of drug-likeness (QED) is 0.715. The summed E-state index contributed by atoms with van der Waals surface area (Å²) in [6.45, 7) is 0. The number of hydrogen-bond acceptors (Lipinski definition) is 1. The smallest absolute Gasteiger partial charge is 0.127 e. The van der Waals surface area contributed by atoms with E-state index in [-0.39, 0.29) is 5.92 Å². The van der Waals surface area contributed by atoms with E-state index in [1.165, 1.54) is 25.7 Å². The zero-order valence-electron chi connectivity index (χ0n) is 9.66. The third-order valence-corrected chi connectivity index (χ3v) is 4.34. The Morgan fingerprint density at radius 3 is 2.53 bits per heavy atom. The fourth-order valence-electron chi connectivity index (χ4n) is 2.62. The summed E-state index contributed by atoms with van der Waals surface area (Å²) in [5, 5.41) is 1.07. The average molecular weight is 271 g/mol. The number of carbonyl (C=O) groups is 1. The van der Waals surface area contributed by atoms with E-state index in [1.807, 2.05) is 12.1 Å². The van der Waals surface area contributed by atoms with E-state index in [4.69, 9.17) is 23.2 Å². The molecule has 1 aliphatic rings. The maximum atomic E-state index is 11.2. The maximum absolute atomic E-state index is 11.2. The van der Waals surface area contributed by atoms with Gasteiger partial charge in [-0.05, 0) is 30.0 Å². The van der Waals surface area contributed by atoms with Crippen molar-refractivity contribution < 1.29 is 4.79 Å². The number of hydrogen-bond donors (Lipinski definition) is 0. The number of benzene rings is 1. The lowest BCUT2D eigenvalue weighted by Crippen LogP contribution is -2.06. The summed E-state index contributed by atoms with van der Waals surface area (Å²) in [4.78, 5) is 11.2. The van der Waals surface area contributed by atoms with Crippen molar-refractivity contribution in [3.63, 3.8) is 0 Å². The van der Waals surface area contributed by atoms with Gasteiger partial charge in [-0.3, -0.25) is 0 Å². The molecule has 2 rings (SSSR count). The molecule has 17 heavy (non-hydrogen) atoms. The number of aldehydes is 1. The molecule has 1 aromatic carbocycles. The predicted molar refractivity (Wildman–Crippen MR) is 71.8 cm³/mol. The van der Waals surface area contributed by atoms with Gasteiger partial charge in [0, 0.05) is 5.92 Å². The summed E-state index contributed by atoms with van der Waals surface area (Å²) < 4.78 is 0. The van der Waals surface area contributed by atoms with Gasteiger partial charge < -0.3 is 4.79 Å². The van der Waals surface area contributed by atoms with Crippen LogP contribution < -0.4 is 0 Å². The van der Waals surface area contributed by atoms with Crippen LogP contribution >= 0.6 is 23.2 Å². The van der Waals surface area contributed by atoms with E-state index < -0.39 is 0 Å². The van der Waals surface area contributed by atoms with Crippen LogP contribution in [0.3, 0.4) is 0 Å². The van der Waals surface area contributed by atoms with Gasteiger partial charge in [-0.2, -0.15) is 0 Å². The molecule has 1 fully saturated rings. The topological polar surface area (TPSA) is 17.1 Å². The molecule has 1 saturated carbocycles. The zero-order chi connectivity index (χ0) is 12.3. The van der Waals surface area contributed by atoms with Gasteiger partial charge >= 0.3 is 0 Å². The van der Waals surface area contributed by atoms with Crippen LogP contribution in [0.1, 0.15) is 43.6 Å². The Hall–Kier alpha value is -0.530. The zero-order valence-corrected chi connectivity index (χ0v) is 11.2. The van der Waals surface area contributed by atoms with Crippen LogP contribution in [0.15, 0.2) is 18.2 Å². The predicted octanol–water partition coefficient (Wildman–Crippen LogP) is 4.86. The second-order valence-electron chi connectivity index (χ2n) is 4.80. The fourth-order valence-corrected chi connectivity index (χ4v) is 2.92. The van der Waals surface area contributed by atoms with Gasteiger partial charge in [0.1, 0.15) is 6.29 Å². The van der Waals surface area contributed by atoms with E-state index in [2.05, 4.69) is 0 Å². The van der Waals surface area contributed by atoms with E-state index in [9.17, 15) is 4.79 Å². The van der Waals surface area contributed by atoms with Crippen LogP contribution in [0.2, 0.25) is 10.0 Å². The Kier molecular flexibility index (Phi) is 4.47. The minimum absolute atomic E-state index is 0.0344. The molecule has 0 amide bonds. The van der Waals surface area contributed by atoms with Crippen molar-refractivity contribution >= 4 is 29.5 Å². The normalized spacial score (nSPS) is 18.2. The summed E-state index contributed by atoms with van der Waals surface area (Å²) in [6.07, 6.45) is 7.10. The van der Waals surface area contributed by atoms with Gasteiger partial charge in [-0.1, -0.05) is 55.0 Å². The van der Waals surface area contributed by atoms with Crippen molar-refractivity contribution in [2.24, 2.45) is 5.92 Å². The van der Waals surface area contributed by atoms with Crippen LogP contribution in [0.25, 0.3) is 0 Å². The van der Waals surface area contributed by atoms with Crippen molar-refractivity contribution in [3.05, 3.63) is 33.8 Å². The third kappa shape index (κ3) is 3.23. The first kappa shape index (κ1) is 12.9. The molecule has 0 saturated heterocycles. The molecular formula is C14H16Cl2O. The molecule has 0 spiro atoms. The summed E-state index contributed by atoms with van der Waals surface area (Å²) >= 11 is 11.9. The molecular weight excluding hydrogens is 255 g/mol. The first-order valence-electron chi connectivity index (χ1n) is 6.11. The van der Waals surface area contributed by atoms with E-state index in [0.717, 1.165) is 18.3 Å². The molecule has 3 heteroatoms. The molecule has 1 aliphatic carbocycles. The molecule has 0 bridgehead atoms. The van der Waals surface area contributed by atoms with Crippen LogP contribution in [-0.2, 0) is 4.79 Å². The summed E-state index contributed by atoms with van der Waals surface area (Å²) in [6, 6.07) is 5.49. The van der Waals surface area contributed by atoms with Crippen molar-refractivity contribution in [2.45, 2.75) is 38.0 Å². The molecule has 1 unspecified atom stereocenters. The Bertz CT molecular complexity index is 397. The van der Waals surface area contributed by atoms with E-state index >= 15 is 0 Å². The van der Waals surface area contributed by atoms with Crippen LogP contribution in [0.4, 0.5) is 0 Å². The van der Waals surface area contributed by atoms with Gasteiger partial charge in [0.15, 0.2) is 0 Å². The van der Waals surface area contributed by atoms with Gasteiger partial charge in [0.2, 0.25) is 0 Å². The molecule has 0 aromatic heterocycles. The molecule has 1 atom stereocenters. The maximum Gasteiger partial charge on any atom is 0.127 e. The highest BCUT2D eigenvalue weighted by molar-refractivity contribution is 6.42. The Labute approximate surface area is 112 Å². The van der Waals surface area contributed by atoms with Crippen LogP contribution in [0.5, 0.6) is 0 Å². The summed E-state index contributed by atoms with van der Waals surface area (Å²) in [5.74, 6) is 0.660. The Morgan fingerprint density at radius 2 is 1.94 bits per heavy atom. The highest BCUT2D eigenvalue weighted by Crippen LogP contribution is 2.34. The first-order chi connectivity index (χ1) is 8.20. The number of rotatable bonds is 4. The molecule has 0 radical (unpaired) electrons. The lowest BCUT2D eigenvalue weighted by Gasteiger charge is -2.16. The van der Waals surface area contributed by atoms with Gasteiger partial charge in [0.05, 0.1) is 10.0 Å². The molecule has 92 valence electrons. The van der Waals surface area contributed by atoms with Crippen LogP contribution in [-0.4, -0.2) is 6.29 Å². The summed E-state index contributed by atoms with van der Waals surface area (Å²) in [7, 11) is 0. The van der Waals surface area contributed by atoms with Gasteiger partial charge in [-0.25, -0.2) is 0 Å². The highest BCUT2D eigenvalue weighted by Gasteiger charge is 2.21. The minimum Gasteiger partial charge on any atom is -0.303 e. The number of halogens is 2. The van der Waals surface area contributed by atoms with E-state index in [0.29, 0.717) is 16.0 Å². The Balaban J connectivity index is 2.10. The summed E-state index contributed by atoms with van der Waals surface area (Å²) in [5.41, 5.74) is 0.987. The SMILES string of the molecule is O=CC(CC1CCCC1)c1ccc(Cl)c(Cl)c1. The fraction of sp³-hybridized carbons (Fsp3) is 0.500. The minimum atomic E-state index is -0.0344. The third-order valence-electron chi connectivity index (χ3n) is 3.60. The van der Waals surface area contributed by atoms with Crippen molar-refractivity contribution in [1.82, 2.24) is 0 Å². The molecule has 1 aromatic rings.